The quantitative estimate of drug-likeness (QED) is 0.335. The van der Waals surface area contributed by atoms with Crippen molar-refractivity contribution in [2.45, 2.75) is 11.3 Å². The molecule has 7 heteroatoms. The minimum atomic E-state index is -4.05. The normalized spacial score (nSPS) is 10.3. The van der Waals surface area contributed by atoms with E-state index in [1.165, 1.54) is 24.3 Å². The lowest BCUT2D eigenvalue weighted by Gasteiger charge is -2.03. The van der Waals surface area contributed by atoms with Crippen molar-refractivity contribution < 1.29 is 22.7 Å². The Morgan fingerprint density at radius 1 is 1.47 bits per heavy atom. The predicted octanol–water partition coefficient (Wildman–Crippen LogP) is 0.983. The molecule has 0 aliphatic rings. The molecule has 1 aromatic rings. The third-order valence-corrected chi connectivity index (χ3v) is 3.23. The molecule has 1 rings (SSSR count). The summed E-state index contributed by atoms with van der Waals surface area (Å²) in [5.74, 6) is -0.506. The molecule has 0 aliphatic carbocycles. The van der Waals surface area contributed by atoms with Crippen LogP contribution in [0.3, 0.4) is 0 Å². The van der Waals surface area contributed by atoms with Crippen molar-refractivity contribution in [2.75, 3.05) is 6.61 Å². The lowest BCUT2D eigenvalue weighted by Crippen LogP contribution is -2.08. The summed E-state index contributed by atoms with van der Waals surface area (Å²) in [6.45, 7) is 3.49. The van der Waals surface area contributed by atoms with Gasteiger partial charge in [-0.05, 0) is 17.7 Å². The maximum atomic E-state index is 11.5. The molecule has 0 atom stereocenters. The number of hydrogen-bond acceptors (Lipinski definition) is 5. The average molecular weight is 281 g/mol. The van der Waals surface area contributed by atoms with E-state index < -0.39 is 16.0 Å². The molecule has 0 aromatic heterocycles. The Hall–Kier alpha value is -2.24. The SMILES string of the molecule is C=CCOC(=O)Cc1cccc(S(=O)(=O)N=C=O)c1. The third-order valence-electron chi connectivity index (χ3n) is 2.06. The van der Waals surface area contributed by atoms with Crippen LogP contribution in [-0.2, 0) is 30.8 Å². The highest BCUT2D eigenvalue weighted by molar-refractivity contribution is 7.90. The Morgan fingerprint density at radius 2 is 2.21 bits per heavy atom. The molecular weight excluding hydrogens is 270 g/mol. The largest absolute Gasteiger partial charge is 0.461 e. The van der Waals surface area contributed by atoms with Crippen LogP contribution in [0.4, 0.5) is 0 Å². The minimum absolute atomic E-state index is 0.0813. The Labute approximate surface area is 110 Å². The zero-order valence-electron chi connectivity index (χ0n) is 9.90. The number of rotatable bonds is 6. The number of benzene rings is 1. The fraction of sp³-hybridized carbons (Fsp3) is 0.167. The summed E-state index contributed by atoms with van der Waals surface area (Å²) in [6.07, 6.45) is 2.33. The van der Waals surface area contributed by atoms with Crippen LogP contribution in [-0.4, -0.2) is 27.1 Å². The molecule has 0 amide bonds. The Bertz CT molecular complexity index is 629. The highest BCUT2D eigenvalue weighted by atomic mass is 32.2. The second kappa shape index (κ2) is 6.63. The molecule has 0 saturated heterocycles. The number of sulfonamides is 1. The van der Waals surface area contributed by atoms with Crippen molar-refractivity contribution in [3.05, 3.63) is 42.5 Å². The first kappa shape index (κ1) is 14.8. The highest BCUT2D eigenvalue weighted by Crippen LogP contribution is 2.14. The van der Waals surface area contributed by atoms with Crippen LogP contribution in [0.2, 0.25) is 0 Å². The van der Waals surface area contributed by atoms with E-state index in [9.17, 15) is 18.0 Å². The summed E-state index contributed by atoms with van der Waals surface area (Å²) < 4.78 is 30.5. The monoisotopic (exact) mass is 281 g/mol. The van der Waals surface area contributed by atoms with Crippen LogP contribution in [0.5, 0.6) is 0 Å². The van der Waals surface area contributed by atoms with Gasteiger partial charge in [-0.2, -0.15) is 8.42 Å². The van der Waals surface area contributed by atoms with E-state index in [0.717, 1.165) is 6.08 Å². The lowest BCUT2D eigenvalue weighted by atomic mass is 10.1. The van der Waals surface area contributed by atoms with Gasteiger partial charge >= 0.3 is 5.97 Å². The van der Waals surface area contributed by atoms with Gasteiger partial charge in [0.15, 0.2) is 0 Å². The Morgan fingerprint density at radius 3 is 2.84 bits per heavy atom. The van der Waals surface area contributed by atoms with Gasteiger partial charge in [-0.25, -0.2) is 4.79 Å². The molecule has 0 N–H and O–H groups in total. The van der Waals surface area contributed by atoms with Gasteiger partial charge in [-0.1, -0.05) is 29.2 Å². The maximum absolute atomic E-state index is 11.5. The molecule has 0 saturated carbocycles. The molecule has 0 fully saturated rings. The number of esters is 1. The lowest BCUT2D eigenvalue weighted by molar-refractivity contribution is -0.141. The van der Waals surface area contributed by atoms with E-state index in [-0.39, 0.29) is 17.9 Å². The van der Waals surface area contributed by atoms with Crippen LogP contribution < -0.4 is 0 Å². The molecule has 0 spiro atoms. The van der Waals surface area contributed by atoms with E-state index in [1.807, 2.05) is 0 Å². The number of nitrogens with zero attached hydrogens (tertiary/aromatic N) is 1. The van der Waals surface area contributed by atoms with E-state index in [1.54, 1.807) is 6.07 Å². The fourth-order valence-corrected chi connectivity index (χ4v) is 2.04. The average Bonchev–Trinajstić information content (AvgIpc) is 2.36. The molecule has 6 nitrogen and oxygen atoms in total. The molecule has 0 bridgehead atoms. The molecule has 0 radical (unpaired) electrons. The van der Waals surface area contributed by atoms with Gasteiger partial charge < -0.3 is 4.74 Å². The Balaban J connectivity index is 2.92. The number of ether oxygens (including phenoxy) is 1. The third kappa shape index (κ3) is 4.50. The van der Waals surface area contributed by atoms with Gasteiger partial charge in [0.2, 0.25) is 0 Å². The van der Waals surface area contributed by atoms with Crippen molar-refractivity contribution in [3.8, 4) is 0 Å². The maximum Gasteiger partial charge on any atom is 0.310 e. The summed E-state index contributed by atoms with van der Waals surface area (Å²) in [6, 6.07) is 5.54. The first-order valence-corrected chi connectivity index (χ1v) is 6.63. The summed E-state index contributed by atoms with van der Waals surface area (Å²) in [4.78, 5) is 21.2. The van der Waals surface area contributed by atoms with Gasteiger partial charge in [-0.15, -0.1) is 0 Å². The molecular formula is C12H11NO5S. The standard InChI is InChI=1S/C12H11NO5S/c1-2-6-18-12(15)8-10-4-3-5-11(7-10)19(16,17)13-9-14/h2-5,7H,1,6,8H2. The molecule has 19 heavy (non-hydrogen) atoms. The smallest absolute Gasteiger partial charge is 0.310 e. The van der Waals surface area contributed by atoms with E-state index in [2.05, 4.69) is 11.0 Å². The van der Waals surface area contributed by atoms with Gasteiger partial charge in [0, 0.05) is 0 Å². The summed E-state index contributed by atoms with van der Waals surface area (Å²) in [5.41, 5.74) is 0.441. The zero-order valence-corrected chi connectivity index (χ0v) is 10.7. The van der Waals surface area contributed by atoms with Crippen LogP contribution in [0.25, 0.3) is 0 Å². The molecule has 100 valence electrons. The first-order chi connectivity index (χ1) is 8.99. The van der Waals surface area contributed by atoms with Crippen molar-refractivity contribution >= 4 is 22.1 Å². The number of hydrogen-bond donors (Lipinski definition) is 0. The van der Waals surface area contributed by atoms with E-state index >= 15 is 0 Å². The van der Waals surface area contributed by atoms with Gasteiger partial charge in [-0.3, -0.25) is 4.79 Å². The van der Waals surface area contributed by atoms with E-state index in [0.29, 0.717) is 5.56 Å². The van der Waals surface area contributed by atoms with Gasteiger partial charge in [0.25, 0.3) is 16.1 Å². The molecule has 0 heterocycles. The summed E-state index contributed by atoms with van der Waals surface area (Å²) in [5, 5.41) is 0. The molecule has 0 aliphatic heterocycles. The minimum Gasteiger partial charge on any atom is -0.461 e. The fourth-order valence-electron chi connectivity index (χ4n) is 1.29. The molecule has 1 aromatic carbocycles. The second-order valence-electron chi connectivity index (χ2n) is 3.45. The zero-order chi connectivity index (χ0) is 14.3. The van der Waals surface area contributed by atoms with Crippen molar-refractivity contribution in [1.82, 2.24) is 0 Å². The predicted molar refractivity (Wildman–Crippen MR) is 66.6 cm³/mol. The van der Waals surface area contributed by atoms with E-state index in [4.69, 9.17) is 4.74 Å². The van der Waals surface area contributed by atoms with Gasteiger partial charge in [0.05, 0.1) is 11.3 Å². The Kier molecular flexibility index (Phi) is 5.17. The van der Waals surface area contributed by atoms with Gasteiger partial charge in [0.1, 0.15) is 6.61 Å². The van der Waals surface area contributed by atoms with Crippen molar-refractivity contribution in [2.24, 2.45) is 4.40 Å². The first-order valence-electron chi connectivity index (χ1n) is 5.19. The number of carbonyl (C=O) groups excluding carboxylic acids is 2. The van der Waals surface area contributed by atoms with Crippen LogP contribution >= 0.6 is 0 Å². The van der Waals surface area contributed by atoms with Crippen LogP contribution in [0, 0.1) is 0 Å². The highest BCUT2D eigenvalue weighted by Gasteiger charge is 2.14. The van der Waals surface area contributed by atoms with Crippen molar-refractivity contribution in [3.63, 3.8) is 0 Å². The number of isocyanates is 1. The van der Waals surface area contributed by atoms with Crippen LogP contribution in [0.15, 0.2) is 46.2 Å². The molecule has 0 unspecified atom stereocenters. The summed E-state index contributed by atoms with van der Waals surface area (Å²) in [7, 11) is -4.05. The number of carbonyl (C=O) groups is 1. The van der Waals surface area contributed by atoms with Crippen molar-refractivity contribution in [1.29, 1.82) is 0 Å². The summed E-state index contributed by atoms with van der Waals surface area (Å²) >= 11 is 0. The second-order valence-corrected chi connectivity index (χ2v) is 5.06. The topological polar surface area (TPSA) is 89.9 Å². The van der Waals surface area contributed by atoms with Crippen LogP contribution in [0.1, 0.15) is 5.56 Å².